The van der Waals surface area contributed by atoms with Crippen molar-refractivity contribution >= 4 is 29.2 Å². The number of esters is 1. The summed E-state index contributed by atoms with van der Waals surface area (Å²) in [4.78, 5) is 36.9. The SMILES string of the molecule is COC(=O)c1cccc(NC(=O)C(=O)N(C)c2ccccc2)c1. The second-order valence-corrected chi connectivity index (χ2v) is 4.73. The van der Waals surface area contributed by atoms with Gasteiger partial charge in [0.15, 0.2) is 0 Å². The summed E-state index contributed by atoms with van der Waals surface area (Å²) in [5.74, 6) is -2.02. The smallest absolute Gasteiger partial charge is 0.337 e. The summed E-state index contributed by atoms with van der Waals surface area (Å²) >= 11 is 0. The Hall–Kier alpha value is -3.15. The highest BCUT2D eigenvalue weighted by Gasteiger charge is 2.20. The van der Waals surface area contributed by atoms with E-state index in [1.807, 2.05) is 6.07 Å². The zero-order valence-electron chi connectivity index (χ0n) is 12.8. The maximum atomic E-state index is 12.1. The Morgan fingerprint density at radius 3 is 2.35 bits per heavy atom. The third-order valence-electron chi connectivity index (χ3n) is 3.18. The number of likely N-dealkylation sites (N-methyl/N-ethyl adjacent to an activating group) is 1. The van der Waals surface area contributed by atoms with Crippen LogP contribution in [0.15, 0.2) is 54.6 Å². The van der Waals surface area contributed by atoms with Crippen molar-refractivity contribution in [2.24, 2.45) is 0 Å². The maximum Gasteiger partial charge on any atom is 0.337 e. The number of rotatable bonds is 3. The van der Waals surface area contributed by atoms with E-state index in [4.69, 9.17) is 0 Å². The molecule has 0 aliphatic carbocycles. The summed E-state index contributed by atoms with van der Waals surface area (Å²) in [5.41, 5.74) is 1.23. The van der Waals surface area contributed by atoms with Gasteiger partial charge in [0, 0.05) is 18.4 Å². The topological polar surface area (TPSA) is 75.7 Å². The molecule has 0 aliphatic heterocycles. The summed E-state index contributed by atoms with van der Waals surface area (Å²) in [6, 6.07) is 15.0. The number of ether oxygens (including phenoxy) is 1. The van der Waals surface area contributed by atoms with Gasteiger partial charge < -0.3 is 15.0 Å². The first-order valence-corrected chi connectivity index (χ1v) is 6.85. The van der Waals surface area contributed by atoms with Gasteiger partial charge in [-0.05, 0) is 30.3 Å². The minimum absolute atomic E-state index is 0.286. The van der Waals surface area contributed by atoms with Crippen molar-refractivity contribution < 1.29 is 19.1 Å². The van der Waals surface area contributed by atoms with E-state index in [1.165, 1.54) is 25.1 Å². The second-order valence-electron chi connectivity index (χ2n) is 4.73. The monoisotopic (exact) mass is 312 g/mol. The van der Waals surface area contributed by atoms with Gasteiger partial charge in [0.25, 0.3) is 0 Å². The summed E-state index contributed by atoms with van der Waals surface area (Å²) in [7, 11) is 2.79. The Kier molecular flexibility index (Phi) is 5.09. The van der Waals surface area contributed by atoms with Crippen molar-refractivity contribution in [2.45, 2.75) is 0 Å². The van der Waals surface area contributed by atoms with Crippen LogP contribution in [-0.4, -0.2) is 31.9 Å². The van der Waals surface area contributed by atoms with E-state index < -0.39 is 17.8 Å². The Bertz CT molecular complexity index is 728. The number of carbonyl (C=O) groups excluding carboxylic acids is 3. The number of para-hydroxylation sites is 1. The molecule has 2 aromatic rings. The number of benzene rings is 2. The molecule has 2 aromatic carbocycles. The molecule has 6 nitrogen and oxygen atoms in total. The predicted octanol–water partition coefficient (Wildman–Crippen LogP) is 2.07. The molecule has 0 unspecified atom stereocenters. The molecular weight excluding hydrogens is 296 g/mol. The quantitative estimate of drug-likeness (QED) is 0.695. The van der Waals surface area contributed by atoms with Crippen LogP contribution in [0, 0.1) is 0 Å². The van der Waals surface area contributed by atoms with Crippen LogP contribution in [0.5, 0.6) is 0 Å². The van der Waals surface area contributed by atoms with E-state index >= 15 is 0 Å². The van der Waals surface area contributed by atoms with Crippen LogP contribution in [0.3, 0.4) is 0 Å². The second kappa shape index (κ2) is 7.22. The molecule has 2 rings (SSSR count). The van der Waals surface area contributed by atoms with E-state index in [0.29, 0.717) is 11.4 Å². The molecule has 0 heterocycles. The van der Waals surface area contributed by atoms with Gasteiger partial charge in [0.05, 0.1) is 12.7 Å². The number of hydrogen-bond acceptors (Lipinski definition) is 4. The number of nitrogens with zero attached hydrogens (tertiary/aromatic N) is 1. The van der Waals surface area contributed by atoms with Crippen LogP contribution >= 0.6 is 0 Å². The lowest BCUT2D eigenvalue weighted by Gasteiger charge is -2.16. The van der Waals surface area contributed by atoms with Crippen LogP contribution in [0.25, 0.3) is 0 Å². The highest BCUT2D eigenvalue weighted by molar-refractivity contribution is 6.44. The lowest BCUT2D eigenvalue weighted by molar-refractivity contribution is -0.134. The van der Waals surface area contributed by atoms with Crippen LogP contribution in [-0.2, 0) is 14.3 Å². The molecule has 23 heavy (non-hydrogen) atoms. The van der Waals surface area contributed by atoms with E-state index in [0.717, 1.165) is 0 Å². The van der Waals surface area contributed by atoms with Gasteiger partial charge in [-0.15, -0.1) is 0 Å². The Morgan fingerprint density at radius 1 is 1.00 bits per heavy atom. The number of carbonyl (C=O) groups is 3. The molecule has 0 fully saturated rings. The van der Waals surface area contributed by atoms with Crippen molar-refractivity contribution in [3.8, 4) is 0 Å². The number of hydrogen-bond donors (Lipinski definition) is 1. The predicted molar refractivity (Wildman–Crippen MR) is 86.3 cm³/mol. The third kappa shape index (κ3) is 3.94. The fourth-order valence-electron chi connectivity index (χ4n) is 1.95. The molecule has 0 saturated heterocycles. The Morgan fingerprint density at radius 2 is 1.70 bits per heavy atom. The first-order chi connectivity index (χ1) is 11.0. The van der Waals surface area contributed by atoms with E-state index in [1.54, 1.807) is 42.5 Å². The highest BCUT2D eigenvalue weighted by Crippen LogP contribution is 2.14. The molecule has 0 atom stereocenters. The zero-order valence-corrected chi connectivity index (χ0v) is 12.8. The van der Waals surface area contributed by atoms with Crippen molar-refractivity contribution in [1.29, 1.82) is 0 Å². The van der Waals surface area contributed by atoms with Crippen molar-refractivity contribution in [3.63, 3.8) is 0 Å². The number of amides is 2. The molecule has 0 spiro atoms. The molecule has 1 N–H and O–H groups in total. The number of nitrogens with one attached hydrogen (secondary N) is 1. The fraction of sp³-hybridized carbons (Fsp3) is 0.118. The molecule has 0 aromatic heterocycles. The molecule has 0 bridgehead atoms. The molecular formula is C17H16N2O4. The van der Waals surface area contributed by atoms with Gasteiger partial charge in [0.2, 0.25) is 0 Å². The van der Waals surface area contributed by atoms with Gasteiger partial charge in [0.1, 0.15) is 0 Å². The van der Waals surface area contributed by atoms with Crippen molar-refractivity contribution in [1.82, 2.24) is 0 Å². The summed E-state index contributed by atoms with van der Waals surface area (Å²) in [6.07, 6.45) is 0. The largest absolute Gasteiger partial charge is 0.465 e. The minimum Gasteiger partial charge on any atom is -0.465 e. The number of methoxy groups -OCH3 is 1. The van der Waals surface area contributed by atoms with Gasteiger partial charge in [-0.3, -0.25) is 9.59 Å². The molecule has 0 radical (unpaired) electrons. The fourth-order valence-corrected chi connectivity index (χ4v) is 1.95. The molecule has 0 aliphatic rings. The molecule has 6 heteroatoms. The maximum absolute atomic E-state index is 12.1. The minimum atomic E-state index is -0.793. The van der Waals surface area contributed by atoms with E-state index in [9.17, 15) is 14.4 Å². The molecule has 0 saturated carbocycles. The Balaban J connectivity index is 2.10. The summed E-state index contributed by atoms with van der Waals surface area (Å²) in [6.45, 7) is 0. The Labute approximate surface area is 133 Å². The summed E-state index contributed by atoms with van der Waals surface area (Å²) < 4.78 is 4.61. The van der Waals surface area contributed by atoms with E-state index in [-0.39, 0.29) is 5.56 Å². The average molecular weight is 312 g/mol. The summed E-state index contributed by atoms with van der Waals surface area (Å²) in [5, 5.41) is 2.47. The van der Waals surface area contributed by atoms with Crippen LogP contribution in [0.2, 0.25) is 0 Å². The lowest BCUT2D eigenvalue weighted by Crippen LogP contribution is -2.37. The van der Waals surface area contributed by atoms with Gasteiger partial charge >= 0.3 is 17.8 Å². The first kappa shape index (κ1) is 16.2. The normalized spacial score (nSPS) is 9.83. The van der Waals surface area contributed by atoms with Gasteiger partial charge in [-0.1, -0.05) is 24.3 Å². The number of anilines is 2. The van der Waals surface area contributed by atoms with Crippen molar-refractivity contribution in [2.75, 3.05) is 24.4 Å². The van der Waals surface area contributed by atoms with Crippen molar-refractivity contribution in [3.05, 3.63) is 60.2 Å². The molecule has 118 valence electrons. The van der Waals surface area contributed by atoms with Gasteiger partial charge in [-0.2, -0.15) is 0 Å². The lowest BCUT2D eigenvalue weighted by atomic mass is 10.2. The van der Waals surface area contributed by atoms with Crippen LogP contribution in [0.4, 0.5) is 11.4 Å². The third-order valence-corrected chi connectivity index (χ3v) is 3.18. The average Bonchev–Trinajstić information content (AvgIpc) is 2.60. The van der Waals surface area contributed by atoms with Crippen LogP contribution < -0.4 is 10.2 Å². The first-order valence-electron chi connectivity index (χ1n) is 6.85. The highest BCUT2D eigenvalue weighted by atomic mass is 16.5. The molecule has 2 amide bonds. The zero-order chi connectivity index (χ0) is 16.8. The van der Waals surface area contributed by atoms with E-state index in [2.05, 4.69) is 10.1 Å². The van der Waals surface area contributed by atoms with Gasteiger partial charge in [-0.25, -0.2) is 4.79 Å². The van der Waals surface area contributed by atoms with Crippen LogP contribution in [0.1, 0.15) is 10.4 Å². The standard InChI is InChI=1S/C17H16N2O4/c1-19(14-9-4-3-5-10-14)16(21)15(20)18-13-8-6-7-12(11-13)17(22)23-2/h3-11H,1-2H3,(H,18,20).